The minimum atomic E-state index is -0.443. The number of ether oxygens (including phenoxy) is 1. The maximum Gasteiger partial charge on any atom is 0.271 e. The van der Waals surface area contributed by atoms with Gasteiger partial charge in [-0.25, -0.2) is 10.4 Å². The van der Waals surface area contributed by atoms with Crippen LogP contribution < -0.4 is 15.5 Å². The molecule has 0 atom stereocenters. The summed E-state index contributed by atoms with van der Waals surface area (Å²) in [4.78, 5) is 27.7. The van der Waals surface area contributed by atoms with Crippen molar-refractivity contribution in [3.8, 4) is 17.0 Å². The fourth-order valence-corrected chi connectivity index (χ4v) is 6.10. The molecule has 1 heterocycles. The third-order valence-corrected chi connectivity index (χ3v) is 8.12. The molecule has 0 radical (unpaired) electrons. The number of hydrogen-bond donors (Lipinski definition) is 2. The Morgan fingerprint density at radius 1 is 1.02 bits per heavy atom. The monoisotopic (exact) mass is 719 g/mol. The minimum Gasteiger partial charge on any atom is -0.487 e. The number of nitro groups is 1. The second-order valence-electron chi connectivity index (χ2n) is 9.33. The van der Waals surface area contributed by atoms with Crippen LogP contribution in [0.1, 0.15) is 27.0 Å². The number of non-ortho nitro benzene ring substituents is 1. The average Bonchev–Trinajstić information content (AvgIpc) is 3.46. The van der Waals surface area contributed by atoms with E-state index in [1.54, 1.807) is 36.4 Å². The number of hydrogen-bond acceptors (Lipinski definition) is 8. The van der Waals surface area contributed by atoms with E-state index in [9.17, 15) is 14.9 Å². The topological polar surface area (TPSA) is 119 Å². The van der Waals surface area contributed by atoms with Crippen molar-refractivity contribution in [1.29, 1.82) is 0 Å². The Morgan fingerprint density at radius 2 is 1.70 bits per heavy atom. The Morgan fingerprint density at radius 3 is 2.35 bits per heavy atom. The van der Waals surface area contributed by atoms with Crippen LogP contribution in [0.3, 0.4) is 0 Å². The molecule has 0 saturated carbocycles. The van der Waals surface area contributed by atoms with Gasteiger partial charge < -0.3 is 10.1 Å². The zero-order valence-electron chi connectivity index (χ0n) is 22.6. The number of benzene rings is 4. The van der Waals surface area contributed by atoms with Gasteiger partial charge in [0.05, 0.1) is 25.8 Å². The smallest absolute Gasteiger partial charge is 0.271 e. The van der Waals surface area contributed by atoms with Gasteiger partial charge in [-0.15, -0.1) is 11.3 Å². The highest BCUT2D eigenvalue weighted by molar-refractivity contribution is 9.11. The van der Waals surface area contributed by atoms with Crippen molar-refractivity contribution in [3.63, 3.8) is 0 Å². The first kappa shape index (κ1) is 30.1. The third kappa shape index (κ3) is 7.92. The number of aromatic nitrogens is 1. The predicted molar refractivity (Wildman–Crippen MR) is 176 cm³/mol. The van der Waals surface area contributed by atoms with Crippen LogP contribution >= 0.6 is 43.2 Å². The quantitative estimate of drug-likeness (QED) is 0.0847. The van der Waals surface area contributed by atoms with Gasteiger partial charge in [-0.3, -0.25) is 14.9 Å². The number of carbonyl (C=O) groups is 1. The number of thiazole rings is 1. The molecule has 0 bridgehead atoms. The Balaban J connectivity index is 1.15. The number of nitrogens with one attached hydrogen (secondary N) is 2. The molecule has 1 amide bonds. The van der Waals surface area contributed by atoms with Crippen molar-refractivity contribution in [3.05, 3.63) is 132 Å². The molecule has 0 saturated heterocycles. The summed E-state index contributed by atoms with van der Waals surface area (Å²) in [5, 5.41) is 21.0. The second-order valence-corrected chi connectivity index (χ2v) is 11.9. The summed E-state index contributed by atoms with van der Waals surface area (Å²) < 4.78 is 7.24. The zero-order valence-corrected chi connectivity index (χ0v) is 26.6. The van der Waals surface area contributed by atoms with Crippen LogP contribution in [-0.2, 0) is 6.61 Å². The molecule has 43 heavy (non-hydrogen) atoms. The normalized spacial score (nSPS) is 11.0. The van der Waals surface area contributed by atoms with E-state index in [-0.39, 0.29) is 18.2 Å². The van der Waals surface area contributed by atoms with Crippen LogP contribution in [0.25, 0.3) is 11.3 Å². The lowest BCUT2D eigenvalue weighted by atomic mass is 10.1. The summed E-state index contributed by atoms with van der Waals surface area (Å²) in [5.41, 5.74) is 8.44. The largest absolute Gasteiger partial charge is 0.487 e. The highest BCUT2D eigenvalue weighted by atomic mass is 79.9. The summed E-state index contributed by atoms with van der Waals surface area (Å²) in [6.07, 6.45) is 1.53. The van der Waals surface area contributed by atoms with Crippen molar-refractivity contribution in [2.75, 3.05) is 5.32 Å². The molecule has 216 valence electrons. The zero-order chi connectivity index (χ0) is 30.3. The number of nitrogens with zero attached hydrogens (tertiary/aromatic N) is 3. The van der Waals surface area contributed by atoms with Crippen molar-refractivity contribution in [2.24, 2.45) is 5.10 Å². The predicted octanol–water partition coefficient (Wildman–Crippen LogP) is 8.64. The van der Waals surface area contributed by atoms with Crippen LogP contribution in [0, 0.1) is 17.0 Å². The molecular formula is C31H23Br2N5O4S. The molecule has 5 rings (SSSR count). The summed E-state index contributed by atoms with van der Waals surface area (Å²) in [6, 6.07) is 25.1. The Bertz CT molecular complexity index is 1770. The number of amides is 1. The summed E-state index contributed by atoms with van der Waals surface area (Å²) in [5.74, 6) is 0.224. The van der Waals surface area contributed by atoms with Crippen molar-refractivity contribution in [1.82, 2.24) is 10.4 Å². The lowest BCUT2D eigenvalue weighted by Gasteiger charge is -2.11. The highest BCUT2D eigenvalue weighted by Gasteiger charge is 2.11. The molecule has 9 nitrogen and oxygen atoms in total. The first-order valence-electron chi connectivity index (χ1n) is 12.8. The van der Waals surface area contributed by atoms with Crippen LogP contribution in [0.15, 0.2) is 104 Å². The van der Waals surface area contributed by atoms with Gasteiger partial charge in [0.1, 0.15) is 12.4 Å². The van der Waals surface area contributed by atoms with Crippen LogP contribution in [0.5, 0.6) is 5.75 Å². The van der Waals surface area contributed by atoms with Gasteiger partial charge in [0.2, 0.25) is 0 Å². The Labute approximate surface area is 268 Å². The first-order valence-corrected chi connectivity index (χ1v) is 15.3. The van der Waals surface area contributed by atoms with E-state index >= 15 is 0 Å². The summed E-state index contributed by atoms with van der Waals surface area (Å²) in [7, 11) is 0. The number of carbonyl (C=O) groups excluding carboxylic acids is 1. The first-order chi connectivity index (χ1) is 20.7. The molecule has 0 spiro atoms. The highest BCUT2D eigenvalue weighted by Crippen LogP contribution is 2.35. The SMILES string of the molecule is Cc1ccc(Nc2nc(-c3ccc(C(=O)N/N=C\c4cc(Br)c(OCc5ccc([N+](=O)[O-])cc5)c(Br)c4)cc3)cs2)cc1. The van der Waals surface area contributed by atoms with E-state index in [2.05, 4.69) is 52.7 Å². The van der Waals surface area contributed by atoms with Crippen molar-refractivity contribution < 1.29 is 14.5 Å². The van der Waals surface area contributed by atoms with E-state index < -0.39 is 4.92 Å². The molecular weight excluding hydrogens is 698 g/mol. The van der Waals surface area contributed by atoms with Gasteiger partial charge in [-0.2, -0.15) is 5.10 Å². The van der Waals surface area contributed by atoms with Crippen molar-refractivity contribution >= 4 is 71.8 Å². The average molecular weight is 721 g/mol. The van der Waals surface area contributed by atoms with Gasteiger partial charge in [-0.05, 0) is 98.4 Å². The number of hydrazone groups is 1. The molecule has 2 N–H and O–H groups in total. The number of halogens is 2. The van der Waals surface area contributed by atoms with Crippen LogP contribution in [0.4, 0.5) is 16.5 Å². The fraction of sp³-hybridized carbons (Fsp3) is 0.0645. The molecule has 12 heteroatoms. The molecule has 5 aromatic rings. The third-order valence-electron chi connectivity index (χ3n) is 6.18. The molecule has 0 aliphatic carbocycles. The van der Waals surface area contributed by atoms with Gasteiger partial charge in [0.25, 0.3) is 11.6 Å². The molecule has 4 aromatic carbocycles. The second kappa shape index (κ2) is 13.7. The Kier molecular flexibility index (Phi) is 9.60. The van der Waals surface area contributed by atoms with Crippen molar-refractivity contribution in [2.45, 2.75) is 13.5 Å². The molecule has 0 unspecified atom stereocenters. The number of nitro benzene ring substituents is 1. The maximum atomic E-state index is 12.7. The van der Waals surface area contributed by atoms with Gasteiger partial charge in [0, 0.05) is 34.3 Å². The summed E-state index contributed by atoms with van der Waals surface area (Å²) in [6.45, 7) is 2.27. The van der Waals surface area contributed by atoms with E-state index in [1.807, 2.05) is 48.7 Å². The Hall–Kier alpha value is -4.39. The summed E-state index contributed by atoms with van der Waals surface area (Å²) >= 11 is 8.52. The molecule has 0 fully saturated rings. The standard InChI is InChI=1S/C31H23Br2N5O4S/c1-19-2-10-24(11-3-19)35-31-36-28(18-43-31)22-6-8-23(9-7-22)30(39)37-34-16-21-14-26(32)29(27(33)15-21)42-17-20-4-12-25(13-5-20)38(40)41/h2-16,18H,17H2,1H3,(H,35,36)(H,37,39)/b34-16-. The fourth-order valence-electron chi connectivity index (χ4n) is 3.91. The lowest BCUT2D eigenvalue weighted by Crippen LogP contribution is -2.17. The van der Waals surface area contributed by atoms with Gasteiger partial charge in [-0.1, -0.05) is 29.8 Å². The van der Waals surface area contributed by atoms with Crippen LogP contribution in [-0.4, -0.2) is 22.0 Å². The van der Waals surface area contributed by atoms with E-state index in [0.29, 0.717) is 20.3 Å². The van der Waals surface area contributed by atoms with Gasteiger partial charge >= 0.3 is 0 Å². The number of anilines is 2. The molecule has 1 aromatic heterocycles. The number of aryl methyl sites for hydroxylation is 1. The van der Waals surface area contributed by atoms with E-state index in [1.165, 1.54) is 35.2 Å². The molecule has 0 aliphatic heterocycles. The van der Waals surface area contributed by atoms with Crippen LogP contribution in [0.2, 0.25) is 0 Å². The maximum absolute atomic E-state index is 12.7. The van der Waals surface area contributed by atoms with E-state index in [0.717, 1.165) is 33.2 Å². The minimum absolute atomic E-state index is 0.0237. The number of rotatable bonds is 10. The molecule has 0 aliphatic rings. The van der Waals surface area contributed by atoms with E-state index in [4.69, 9.17) is 4.74 Å². The lowest BCUT2D eigenvalue weighted by molar-refractivity contribution is -0.384. The van der Waals surface area contributed by atoms with Gasteiger partial charge in [0.15, 0.2) is 5.13 Å².